The molecule has 22 heteroatoms. The van der Waals surface area contributed by atoms with E-state index in [4.69, 9.17) is 29.0 Å². The average Bonchev–Trinajstić information content (AvgIpc) is 4.22. The third-order valence-corrected chi connectivity index (χ3v) is 13.5. The second-order valence-corrected chi connectivity index (χ2v) is 17.3. The number of allylic oxidation sites excluding steroid dienone is 2. The van der Waals surface area contributed by atoms with E-state index in [1.54, 1.807) is 53.9 Å². The molecule has 0 amide bonds. The zero-order valence-electron chi connectivity index (χ0n) is 40.9. The fraction of sp³-hybridized carbons (Fsp3) is 0.170. The summed E-state index contributed by atoms with van der Waals surface area (Å²) in [6.45, 7) is -0.227. The summed E-state index contributed by atoms with van der Waals surface area (Å²) in [5, 5.41) is 19.9. The number of carbonyl (C=O) groups is 3. The zero-order chi connectivity index (χ0) is 50.8. The first-order valence-corrected chi connectivity index (χ1v) is 23.8. The van der Waals surface area contributed by atoms with Gasteiger partial charge in [-0.1, -0.05) is 49.0 Å². The SMILES string of the molecule is C.C.COC(=O)c1[nH]c2ccc3ccsc3c2c1-c1cccnc1OC.COC(=O)c1c(C2=CC=CNC2OC)c2c3sccc3ccc2n1Cc1cc(F)ccc1F.Fc1ccc(F)c(CBr)c1.O=CO[O-].[Cs+].[Cs+].[H-]. The van der Waals surface area contributed by atoms with Crippen LogP contribution >= 0.6 is 38.6 Å². The van der Waals surface area contributed by atoms with Crippen molar-refractivity contribution in [3.8, 4) is 17.0 Å². The third-order valence-electron chi connectivity index (χ3n) is 11.0. The van der Waals surface area contributed by atoms with Gasteiger partial charge in [-0.05, 0) is 107 Å². The van der Waals surface area contributed by atoms with E-state index in [0.717, 1.165) is 83.5 Å². The molecular weight excluding hydrogens is 1320 g/mol. The number of methoxy groups -OCH3 is 4. The van der Waals surface area contributed by atoms with Crippen LogP contribution in [0, 0.1) is 23.3 Å². The summed E-state index contributed by atoms with van der Waals surface area (Å²) in [6.07, 6.45) is 6.63. The summed E-state index contributed by atoms with van der Waals surface area (Å²) in [4.78, 5) is 44.2. The van der Waals surface area contributed by atoms with Gasteiger partial charge >= 0.3 is 150 Å². The second kappa shape index (κ2) is 31.4. The summed E-state index contributed by atoms with van der Waals surface area (Å²) < 4.78 is 78.4. The summed E-state index contributed by atoms with van der Waals surface area (Å²) in [5.41, 5.74) is 5.63. The monoisotopic (exact) mass is 1370 g/mol. The smallest absolute Gasteiger partial charge is 1.00 e. The van der Waals surface area contributed by atoms with Gasteiger partial charge in [-0.15, -0.1) is 22.7 Å². The van der Waals surface area contributed by atoms with Crippen LogP contribution in [0.5, 0.6) is 5.88 Å². The van der Waals surface area contributed by atoms with Gasteiger partial charge in [0.15, 0.2) is 6.23 Å². The Morgan fingerprint density at radius 1 is 0.813 bits per heavy atom. The molecule has 10 rings (SSSR count). The molecule has 5 aromatic heterocycles. The van der Waals surface area contributed by atoms with Crippen LogP contribution in [0.15, 0.2) is 120 Å². The van der Waals surface area contributed by atoms with Gasteiger partial charge in [0, 0.05) is 77.7 Å². The Kier molecular flexibility index (Phi) is 27.6. The number of hydrogen-bond donors (Lipinski definition) is 2. The molecule has 1 atom stereocenters. The Labute approximate surface area is 565 Å². The van der Waals surface area contributed by atoms with Crippen molar-refractivity contribution in [2.75, 3.05) is 28.4 Å². The van der Waals surface area contributed by atoms with Gasteiger partial charge in [-0.3, -0.25) is 4.79 Å². The van der Waals surface area contributed by atoms with E-state index in [9.17, 15) is 27.2 Å². The minimum absolute atomic E-state index is 0. The number of rotatable bonds is 10. The molecule has 2 N–H and O–H groups in total. The van der Waals surface area contributed by atoms with Crippen molar-refractivity contribution >= 4 is 105 Å². The first-order chi connectivity index (χ1) is 34.4. The first-order valence-electron chi connectivity index (χ1n) is 21.0. The molecule has 6 heterocycles. The van der Waals surface area contributed by atoms with Crippen molar-refractivity contribution < 1.29 is 200 Å². The number of aromatic nitrogens is 3. The van der Waals surface area contributed by atoms with Crippen LogP contribution in [0.4, 0.5) is 17.6 Å². The van der Waals surface area contributed by atoms with E-state index in [2.05, 4.69) is 42.2 Å². The molecule has 0 spiro atoms. The molecule has 0 radical (unpaired) electrons. The molecule has 384 valence electrons. The Morgan fingerprint density at radius 2 is 1.41 bits per heavy atom. The van der Waals surface area contributed by atoms with Gasteiger partial charge in [-0.2, -0.15) is 0 Å². The number of benzene rings is 4. The number of H-pyrrole nitrogens is 1. The molecule has 0 bridgehead atoms. The predicted molar refractivity (Wildman–Crippen MR) is 281 cm³/mol. The first kappa shape index (κ1) is 66.0. The van der Waals surface area contributed by atoms with Crippen molar-refractivity contribution in [1.29, 1.82) is 0 Å². The van der Waals surface area contributed by atoms with E-state index in [1.165, 1.54) is 20.3 Å². The van der Waals surface area contributed by atoms with Crippen LogP contribution in [0.3, 0.4) is 0 Å². The number of fused-ring (bicyclic) bond motifs is 6. The van der Waals surface area contributed by atoms with Crippen LogP contribution in [-0.4, -0.2) is 67.6 Å². The van der Waals surface area contributed by atoms with E-state index < -0.39 is 35.6 Å². The molecule has 0 saturated heterocycles. The van der Waals surface area contributed by atoms with E-state index in [1.807, 2.05) is 65.4 Å². The van der Waals surface area contributed by atoms with Crippen molar-refractivity contribution in [2.24, 2.45) is 0 Å². The van der Waals surface area contributed by atoms with E-state index >= 15 is 0 Å². The number of thiophene rings is 2. The maximum absolute atomic E-state index is 14.6. The molecule has 1 unspecified atom stereocenters. The van der Waals surface area contributed by atoms with Gasteiger partial charge in [0.05, 0.1) is 33.4 Å². The molecule has 0 saturated carbocycles. The third kappa shape index (κ3) is 14.9. The van der Waals surface area contributed by atoms with Gasteiger partial charge in [-0.25, -0.2) is 32.1 Å². The Hall–Kier alpha value is -3.26. The number of nitrogens with one attached hydrogen (secondary N) is 2. The van der Waals surface area contributed by atoms with Crippen LogP contribution < -0.4 is 153 Å². The Balaban J connectivity index is 0.000000404. The Morgan fingerprint density at radius 3 is 1.99 bits per heavy atom. The minimum Gasteiger partial charge on any atom is -1.00 e. The molecule has 13 nitrogen and oxygen atoms in total. The molecule has 1 aliphatic rings. The van der Waals surface area contributed by atoms with E-state index in [0.29, 0.717) is 33.5 Å². The summed E-state index contributed by atoms with van der Waals surface area (Å²) in [6, 6.07) is 22.4. The number of aromatic amines is 1. The number of halogens is 5. The quantitative estimate of drug-likeness (QED) is 0.0391. The number of dihydropyridines is 1. The molecule has 75 heavy (non-hydrogen) atoms. The fourth-order valence-corrected chi connectivity index (χ4v) is 10.3. The summed E-state index contributed by atoms with van der Waals surface area (Å²) >= 11 is 6.23. The van der Waals surface area contributed by atoms with Gasteiger partial charge < -0.3 is 45.4 Å². The molecule has 0 fully saturated rings. The molecular formula is C53H49BrCs2F4N4O9S2. The number of carbonyl (C=O) groups excluding carboxylic acids is 3. The molecule has 0 aliphatic carbocycles. The van der Waals surface area contributed by atoms with Gasteiger partial charge in [0.2, 0.25) is 5.88 Å². The van der Waals surface area contributed by atoms with Crippen LogP contribution in [0.1, 0.15) is 53.9 Å². The second-order valence-electron chi connectivity index (χ2n) is 14.9. The number of hydrogen-bond acceptors (Lipinski definition) is 13. The maximum Gasteiger partial charge on any atom is 1.00 e. The standard InChI is InChI=1S/C25H20F2N2O3S.C18H14N2O3S.C7H5BrF2.CH2O3.2CH4.2Cs.H/c1-31-24-17(4-3-10-28-24)20-21-19(8-5-14-9-11-33-23(14)21)29(22(20)25(30)32-2)13-15-12-16(26)6-7-18(15)27;1-22-17-11(4-3-8-19-17)13-14-12(20-15(13)18(21)23-2)6-5-10-7-9-24-16(10)14;8-4-5-3-6(9)1-2-7(5)10;2-1-4-3;;;;;/h3-12,24,28H,13H2,1-2H3;3-9,20H,1-2H3;1-3H,4H2;1,3H;2*1H4;;;/q;;;;;;2*+1;-1/p-1. The number of esters is 2. The van der Waals surface area contributed by atoms with E-state index in [-0.39, 0.29) is 184 Å². The predicted octanol–water partition coefficient (Wildman–Crippen LogP) is 6.37. The van der Waals surface area contributed by atoms with Crippen molar-refractivity contribution in [1.82, 2.24) is 19.9 Å². The topological polar surface area (TPSA) is 166 Å². The average molecular weight is 1370 g/mol. The zero-order valence-corrected chi connectivity index (χ0v) is 55.7. The molecule has 1 aliphatic heterocycles. The van der Waals surface area contributed by atoms with Crippen LogP contribution in [0.25, 0.3) is 58.7 Å². The number of pyridine rings is 1. The van der Waals surface area contributed by atoms with Crippen LogP contribution in [0.2, 0.25) is 0 Å². The summed E-state index contributed by atoms with van der Waals surface area (Å²) in [7, 11) is 5.82. The normalized spacial score (nSPS) is 12.0. The van der Waals surface area contributed by atoms with Gasteiger partial charge in [0.1, 0.15) is 34.7 Å². The molecule has 9 aromatic rings. The minimum atomic E-state index is -0.576. The maximum atomic E-state index is 14.6. The fourth-order valence-electron chi connectivity index (χ4n) is 7.95. The largest absolute Gasteiger partial charge is 1.00 e. The number of nitrogens with zero attached hydrogens (tertiary/aromatic N) is 2. The number of ether oxygens (including phenoxy) is 4. The van der Waals surface area contributed by atoms with Crippen molar-refractivity contribution in [3.05, 3.63) is 172 Å². The van der Waals surface area contributed by atoms with Crippen LogP contribution in [-0.2, 0) is 35.8 Å². The Bertz CT molecular complexity index is 3480. The van der Waals surface area contributed by atoms with Crippen molar-refractivity contribution in [2.45, 2.75) is 33.0 Å². The van der Waals surface area contributed by atoms with Gasteiger partial charge in [0.25, 0.3) is 6.47 Å². The molecule has 4 aromatic carbocycles. The van der Waals surface area contributed by atoms with Crippen molar-refractivity contribution in [3.63, 3.8) is 0 Å². The number of alkyl halides is 1. The summed E-state index contributed by atoms with van der Waals surface area (Å²) in [5.74, 6) is -2.41.